The molecule has 1 aliphatic carbocycles. The van der Waals surface area contributed by atoms with Crippen LogP contribution in [0.25, 0.3) is 6.08 Å². The highest BCUT2D eigenvalue weighted by molar-refractivity contribution is 6.32. The van der Waals surface area contributed by atoms with Crippen molar-refractivity contribution in [3.8, 4) is 0 Å². The van der Waals surface area contributed by atoms with E-state index in [1.165, 1.54) is 0 Å². The number of rotatable bonds is 1. The molecule has 1 N–H and O–H groups in total. The molecule has 84 valence electrons. The van der Waals surface area contributed by atoms with Crippen molar-refractivity contribution in [3.63, 3.8) is 0 Å². The largest absolute Gasteiger partial charge is 0.411 e. The van der Waals surface area contributed by atoms with Crippen molar-refractivity contribution < 1.29 is 5.21 Å². The maximum absolute atomic E-state index is 8.92. The third-order valence-electron chi connectivity index (χ3n) is 2.84. The fourth-order valence-corrected chi connectivity index (χ4v) is 2.15. The van der Waals surface area contributed by atoms with Gasteiger partial charge in [-0.05, 0) is 49.0 Å². The Kier molecular flexibility index (Phi) is 3.62. The smallest absolute Gasteiger partial charge is 0.0827 e. The van der Waals surface area contributed by atoms with Crippen LogP contribution in [0.1, 0.15) is 31.2 Å². The Hall–Kier alpha value is -1.28. The average molecular weight is 236 g/mol. The van der Waals surface area contributed by atoms with Gasteiger partial charge in [0.25, 0.3) is 0 Å². The highest BCUT2D eigenvalue weighted by Crippen LogP contribution is 2.25. The second-order valence-electron chi connectivity index (χ2n) is 3.94. The molecule has 0 aliphatic heterocycles. The molecule has 0 unspecified atom stereocenters. The summed E-state index contributed by atoms with van der Waals surface area (Å²) in [5.41, 5.74) is 2.88. The van der Waals surface area contributed by atoms with Crippen molar-refractivity contribution in [1.29, 1.82) is 0 Å². The van der Waals surface area contributed by atoms with Gasteiger partial charge in [-0.15, -0.1) is 0 Å². The second kappa shape index (κ2) is 5.17. The highest BCUT2D eigenvalue weighted by Gasteiger charge is 2.13. The molecular formula is C13H14ClNO. The molecule has 1 fully saturated rings. The zero-order chi connectivity index (χ0) is 11.4. The molecule has 16 heavy (non-hydrogen) atoms. The van der Waals surface area contributed by atoms with Crippen LogP contribution in [-0.2, 0) is 0 Å². The summed E-state index contributed by atoms with van der Waals surface area (Å²) in [6.07, 6.45) is 6.09. The lowest BCUT2D eigenvalue weighted by Crippen LogP contribution is -2.08. The first kappa shape index (κ1) is 11.2. The van der Waals surface area contributed by atoms with E-state index in [2.05, 4.69) is 5.16 Å². The Labute approximate surface area is 100 Å². The van der Waals surface area contributed by atoms with E-state index in [-0.39, 0.29) is 0 Å². The van der Waals surface area contributed by atoms with E-state index in [0.717, 1.165) is 47.6 Å². The monoisotopic (exact) mass is 235 g/mol. The molecule has 2 rings (SSSR count). The Morgan fingerprint density at radius 2 is 1.94 bits per heavy atom. The Morgan fingerprint density at radius 3 is 2.69 bits per heavy atom. The first-order valence-corrected chi connectivity index (χ1v) is 5.85. The molecule has 1 aliphatic rings. The van der Waals surface area contributed by atoms with Gasteiger partial charge >= 0.3 is 0 Å². The van der Waals surface area contributed by atoms with E-state index in [0.29, 0.717) is 0 Å². The summed E-state index contributed by atoms with van der Waals surface area (Å²) in [7, 11) is 0. The minimum Gasteiger partial charge on any atom is -0.411 e. The van der Waals surface area contributed by atoms with E-state index in [1.54, 1.807) is 0 Å². The van der Waals surface area contributed by atoms with Crippen LogP contribution in [0, 0.1) is 0 Å². The molecule has 0 spiro atoms. The minimum atomic E-state index is 0.734. The van der Waals surface area contributed by atoms with E-state index >= 15 is 0 Å². The molecule has 0 radical (unpaired) electrons. The predicted octanol–water partition coefficient (Wildman–Crippen LogP) is 4.13. The van der Waals surface area contributed by atoms with Crippen LogP contribution >= 0.6 is 11.6 Å². The lowest BCUT2D eigenvalue weighted by molar-refractivity contribution is 0.316. The average Bonchev–Trinajstić information content (AvgIpc) is 2.33. The van der Waals surface area contributed by atoms with Gasteiger partial charge in [-0.3, -0.25) is 0 Å². The number of allylic oxidation sites excluding steroid dienone is 1. The lowest BCUT2D eigenvalue weighted by atomic mass is 9.91. The molecule has 3 heteroatoms. The van der Waals surface area contributed by atoms with Gasteiger partial charge in [-0.2, -0.15) is 0 Å². The van der Waals surface area contributed by atoms with Gasteiger partial charge in [0.15, 0.2) is 0 Å². The van der Waals surface area contributed by atoms with Crippen molar-refractivity contribution in [2.24, 2.45) is 5.16 Å². The van der Waals surface area contributed by atoms with Crippen LogP contribution in [0.15, 0.2) is 35.0 Å². The van der Waals surface area contributed by atoms with Crippen LogP contribution < -0.4 is 0 Å². The molecule has 0 saturated heterocycles. The zero-order valence-corrected chi connectivity index (χ0v) is 9.74. The standard InChI is InChI=1S/C13H14ClNO/c14-12-7-3-1-5-10(12)9-11-6-2-4-8-13(11)15-16/h1,3,5,7,9,16H,2,4,6,8H2. The summed E-state index contributed by atoms with van der Waals surface area (Å²) in [5, 5.41) is 13.0. The van der Waals surface area contributed by atoms with Crippen molar-refractivity contribution in [2.75, 3.05) is 0 Å². The molecule has 0 aromatic heterocycles. The number of oxime groups is 1. The molecule has 0 heterocycles. The van der Waals surface area contributed by atoms with Crippen LogP contribution in [-0.4, -0.2) is 10.9 Å². The normalized spacial score (nSPS) is 21.6. The van der Waals surface area contributed by atoms with Crippen molar-refractivity contribution in [2.45, 2.75) is 25.7 Å². The van der Waals surface area contributed by atoms with E-state index in [4.69, 9.17) is 16.8 Å². The Bertz CT molecular complexity index is 437. The van der Waals surface area contributed by atoms with Gasteiger partial charge < -0.3 is 5.21 Å². The zero-order valence-electron chi connectivity index (χ0n) is 8.99. The van der Waals surface area contributed by atoms with Crippen LogP contribution in [0.2, 0.25) is 5.02 Å². The third kappa shape index (κ3) is 2.45. The van der Waals surface area contributed by atoms with Crippen LogP contribution in [0.5, 0.6) is 0 Å². The van der Waals surface area contributed by atoms with E-state index < -0.39 is 0 Å². The SMILES string of the molecule is ON=C1CCCCC1=Cc1ccccc1Cl. The van der Waals surface area contributed by atoms with Gasteiger partial charge in [0.1, 0.15) is 0 Å². The summed E-state index contributed by atoms with van der Waals surface area (Å²) in [5.74, 6) is 0. The van der Waals surface area contributed by atoms with E-state index in [1.807, 2.05) is 30.3 Å². The van der Waals surface area contributed by atoms with Gasteiger partial charge in [0.2, 0.25) is 0 Å². The fraction of sp³-hybridized carbons (Fsp3) is 0.308. The van der Waals surface area contributed by atoms with Gasteiger partial charge in [-0.1, -0.05) is 35.0 Å². The lowest BCUT2D eigenvalue weighted by Gasteiger charge is -2.15. The van der Waals surface area contributed by atoms with Gasteiger partial charge in [0.05, 0.1) is 5.71 Å². The molecule has 1 aromatic rings. The summed E-state index contributed by atoms with van der Waals surface area (Å²) in [4.78, 5) is 0. The predicted molar refractivity (Wildman–Crippen MR) is 67.1 cm³/mol. The molecule has 0 amide bonds. The maximum Gasteiger partial charge on any atom is 0.0827 e. The second-order valence-corrected chi connectivity index (χ2v) is 4.35. The Balaban J connectivity index is 2.32. The fourth-order valence-electron chi connectivity index (χ4n) is 1.96. The minimum absolute atomic E-state index is 0.734. The van der Waals surface area contributed by atoms with Crippen molar-refractivity contribution in [3.05, 3.63) is 40.4 Å². The van der Waals surface area contributed by atoms with Gasteiger partial charge in [-0.25, -0.2) is 0 Å². The Morgan fingerprint density at radius 1 is 1.19 bits per heavy atom. The number of benzene rings is 1. The summed E-state index contributed by atoms with van der Waals surface area (Å²) >= 11 is 6.09. The number of halogens is 1. The molecule has 1 saturated carbocycles. The topological polar surface area (TPSA) is 32.6 Å². The summed E-state index contributed by atoms with van der Waals surface area (Å²) in [6, 6.07) is 7.70. The third-order valence-corrected chi connectivity index (χ3v) is 3.18. The molecular weight excluding hydrogens is 222 g/mol. The molecule has 1 aromatic carbocycles. The first-order valence-electron chi connectivity index (χ1n) is 5.47. The number of hydrogen-bond donors (Lipinski definition) is 1. The number of hydrogen-bond acceptors (Lipinski definition) is 2. The summed E-state index contributed by atoms with van der Waals surface area (Å²) < 4.78 is 0. The van der Waals surface area contributed by atoms with Crippen molar-refractivity contribution in [1.82, 2.24) is 0 Å². The molecule has 0 atom stereocenters. The van der Waals surface area contributed by atoms with Crippen molar-refractivity contribution >= 4 is 23.4 Å². The molecule has 0 bridgehead atoms. The van der Waals surface area contributed by atoms with E-state index in [9.17, 15) is 0 Å². The number of nitrogens with zero attached hydrogens (tertiary/aromatic N) is 1. The van der Waals surface area contributed by atoms with Crippen LogP contribution in [0.4, 0.5) is 0 Å². The van der Waals surface area contributed by atoms with Gasteiger partial charge in [0, 0.05) is 5.02 Å². The highest BCUT2D eigenvalue weighted by atomic mass is 35.5. The summed E-state index contributed by atoms with van der Waals surface area (Å²) in [6.45, 7) is 0. The quantitative estimate of drug-likeness (QED) is 0.576. The first-order chi connectivity index (χ1) is 7.81. The van der Waals surface area contributed by atoms with Crippen LogP contribution in [0.3, 0.4) is 0 Å². The maximum atomic E-state index is 8.92. The molecule has 2 nitrogen and oxygen atoms in total.